The van der Waals surface area contributed by atoms with Crippen LogP contribution in [0.1, 0.15) is 26.7 Å². The van der Waals surface area contributed by atoms with E-state index in [1.54, 1.807) is 0 Å². The molecule has 0 aromatic rings. The van der Waals surface area contributed by atoms with Crippen LogP contribution in [0.5, 0.6) is 0 Å². The fourth-order valence-electron chi connectivity index (χ4n) is 0.826. The highest BCUT2D eigenvalue weighted by atomic mass is 16.6. The maximum atomic E-state index is 8.30. The Hall–Kier alpha value is -0.0551. The molecular weight excluding hydrogens is 131 g/mol. The first-order valence-electron chi connectivity index (χ1n) is 3.64. The van der Waals surface area contributed by atoms with Crippen molar-refractivity contribution in [3.63, 3.8) is 0 Å². The molecule has 0 rings (SSSR count). The summed E-state index contributed by atoms with van der Waals surface area (Å²) in [6.07, 6.45) is 2.17. The van der Waals surface area contributed by atoms with Crippen molar-refractivity contribution in [2.24, 2.45) is 5.92 Å². The molecule has 2 N–H and O–H groups in total. The van der Waals surface area contributed by atoms with E-state index in [0.29, 0.717) is 12.5 Å². The molecule has 0 saturated heterocycles. The maximum Gasteiger partial charge on any atom is 0.633 e. The molecule has 0 aromatic carbocycles. The third-order valence-corrected chi connectivity index (χ3v) is 1.31. The van der Waals surface area contributed by atoms with E-state index in [1.165, 1.54) is 0 Å². The second kappa shape index (κ2) is 5.71. The van der Waals surface area contributed by atoms with Crippen LogP contribution in [0.4, 0.5) is 0 Å². The smallest absolute Gasteiger partial charge is 0.402 e. The molecule has 0 heterocycles. The highest BCUT2D eigenvalue weighted by Crippen LogP contribution is 2.04. The van der Waals surface area contributed by atoms with E-state index >= 15 is 0 Å². The molecule has 0 aromatic heterocycles. The quantitative estimate of drug-likeness (QED) is 0.552. The monoisotopic (exact) mass is 146 g/mol. The predicted molar refractivity (Wildman–Crippen MR) is 40.2 cm³/mol. The summed E-state index contributed by atoms with van der Waals surface area (Å²) in [4.78, 5) is 0. The van der Waals surface area contributed by atoms with Gasteiger partial charge in [0.15, 0.2) is 0 Å². The van der Waals surface area contributed by atoms with E-state index in [9.17, 15) is 0 Å². The third-order valence-electron chi connectivity index (χ3n) is 1.31. The molecule has 4 heteroatoms. The van der Waals surface area contributed by atoms with E-state index in [0.717, 1.165) is 12.8 Å². The first kappa shape index (κ1) is 9.94. The van der Waals surface area contributed by atoms with Gasteiger partial charge < -0.3 is 14.7 Å². The lowest BCUT2D eigenvalue weighted by atomic mass is 10.1. The van der Waals surface area contributed by atoms with Gasteiger partial charge in [0.25, 0.3) is 0 Å². The fourth-order valence-corrected chi connectivity index (χ4v) is 0.826. The van der Waals surface area contributed by atoms with E-state index < -0.39 is 7.32 Å². The Morgan fingerprint density at radius 1 is 1.50 bits per heavy atom. The van der Waals surface area contributed by atoms with Crippen LogP contribution in [0.15, 0.2) is 0 Å². The maximum absolute atomic E-state index is 8.30. The van der Waals surface area contributed by atoms with Gasteiger partial charge in [-0.05, 0) is 12.3 Å². The molecule has 0 saturated carbocycles. The average Bonchev–Trinajstić information content (AvgIpc) is 1.85. The molecule has 0 radical (unpaired) electrons. The topological polar surface area (TPSA) is 49.7 Å². The van der Waals surface area contributed by atoms with Crippen molar-refractivity contribution in [3.8, 4) is 0 Å². The molecular formula is C6H15BO3. The van der Waals surface area contributed by atoms with Crippen LogP contribution in [-0.2, 0) is 4.65 Å². The van der Waals surface area contributed by atoms with Gasteiger partial charge in [0, 0.05) is 6.61 Å². The van der Waals surface area contributed by atoms with Gasteiger partial charge in [0.05, 0.1) is 0 Å². The van der Waals surface area contributed by atoms with Gasteiger partial charge in [-0.3, -0.25) is 0 Å². The zero-order chi connectivity index (χ0) is 7.98. The Balaban J connectivity index is 3.12. The van der Waals surface area contributed by atoms with Crippen molar-refractivity contribution in [3.05, 3.63) is 0 Å². The molecule has 0 aliphatic heterocycles. The molecule has 0 aliphatic carbocycles. The number of hydrogen-bond acceptors (Lipinski definition) is 3. The Bertz CT molecular complexity index is 77.4. The van der Waals surface area contributed by atoms with Crippen molar-refractivity contribution in [1.29, 1.82) is 0 Å². The van der Waals surface area contributed by atoms with Gasteiger partial charge in [-0.25, -0.2) is 0 Å². The van der Waals surface area contributed by atoms with Gasteiger partial charge in [0.2, 0.25) is 0 Å². The Labute approximate surface area is 62.2 Å². The van der Waals surface area contributed by atoms with Crippen molar-refractivity contribution < 1.29 is 14.7 Å². The minimum Gasteiger partial charge on any atom is -0.402 e. The van der Waals surface area contributed by atoms with Crippen molar-refractivity contribution >= 4 is 7.32 Å². The minimum absolute atomic E-state index is 0.409. The molecule has 1 atom stereocenters. The third kappa shape index (κ3) is 6.07. The fraction of sp³-hybridized carbons (Fsp3) is 1.00. The van der Waals surface area contributed by atoms with Crippen molar-refractivity contribution in [2.75, 3.05) is 6.61 Å². The number of rotatable bonds is 5. The molecule has 60 valence electrons. The van der Waals surface area contributed by atoms with Gasteiger partial charge in [0.1, 0.15) is 0 Å². The van der Waals surface area contributed by atoms with Gasteiger partial charge in [-0.15, -0.1) is 0 Å². The van der Waals surface area contributed by atoms with Crippen molar-refractivity contribution in [1.82, 2.24) is 0 Å². The normalized spacial score (nSPS) is 13.2. The Kier molecular flexibility index (Phi) is 5.68. The minimum atomic E-state index is -1.61. The SMILES string of the molecule is CCCC(C)COB(O)O. The summed E-state index contributed by atoms with van der Waals surface area (Å²) in [6.45, 7) is 4.53. The second-order valence-corrected chi connectivity index (χ2v) is 2.55. The lowest BCUT2D eigenvalue weighted by Crippen LogP contribution is -2.20. The predicted octanol–water partition coefficient (Wildman–Crippen LogP) is 0.409. The van der Waals surface area contributed by atoms with E-state index in [1.807, 2.05) is 6.92 Å². The molecule has 3 nitrogen and oxygen atoms in total. The first-order valence-corrected chi connectivity index (χ1v) is 3.64. The molecule has 0 amide bonds. The zero-order valence-electron chi connectivity index (χ0n) is 6.58. The van der Waals surface area contributed by atoms with Crippen LogP contribution in [0, 0.1) is 5.92 Å². The van der Waals surface area contributed by atoms with Crippen LogP contribution in [0.3, 0.4) is 0 Å². The summed E-state index contributed by atoms with van der Waals surface area (Å²) >= 11 is 0. The average molecular weight is 146 g/mol. The van der Waals surface area contributed by atoms with Gasteiger partial charge >= 0.3 is 7.32 Å². The van der Waals surface area contributed by atoms with Crippen LogP contribution in [0.2, 0.25) is 0 Å². The van der Waals surface area contributed by atoms with Crippen LogP contribution in [0.25, 0.3) is 0 Å². The first-order chi connectivity index (χ1) is 4.66. The number of hydrogen-bond donors (Lipinski definition) is 2. The Morgan fingerprint density at radius 3 is 2.50 bits per heavy atom. The summed E-state index contributed by atoms with van der Waals surface area (Å²) in [7, 11) is -1.61. The summed E-state index contributed by atoms with van der Waals surface area (Å²) in [6, 6.07) is 0. The molecule has 0 fully saturated rings. The zero-order valence-corrected chi connectivity index (χ0v) is 6.58. The molecule has 1 unspecified atom stereocenters. The van der Waals surface area contributed by atoms with Crippen LogP contribution >= 0.6 is 0 Å². The largest absolute Gasteiger partial charge is 0.633 e. The molecule has 0 aliphatic rings. The molecule has 0 bridgehead atoms. The van der Waals surface area contributed by atoms with E-state index in [4.69, 9.17) is 10.0 Å². The van der Waals surface area contributed by atoms with Gasteiger partial charge in [-0.2, -0.15) is 0 Å². The van der Waals surface area contributed by atoms with Gasteiger partial charge in [-0.1, -0.05) is 20.3 Å². The summed E-state index contributed by atoms with van der Waals surface area (Å²) in [5, 5.41) is 16.6. The van der Waals surface area contributed by atoms with Crippen LogP contribution < -0.4 is 0 Å². The van der Waals surface area contributed by atoms with E-state index in [-0.39, 0.29) is 0 Å². The lowest BCUT2D eigenvalue weighted by molar-refractivity contribution is 0.157. The highest BCUT2D eigenvalue weighted by Gasteiger charge is 2.10. The second-order valence-electron chi connectivity index (χ2n) is 2.55. The summed E-state index contributed by atoms with van der Waals surface area (Å²) in [5.41, 5.74) is 0. The highest BCUT2D eigenvalue weighted by molar-refractivity contribution is 6.32. The Morgan fingerprint density at radius 2 is 2.10 bits per heavy atom. The standard InChI is InChI=1S/C6H15BO3/c1-3-4-6(2)5-10-7(8)9/h6,8-9H,3-5H2,1-2H3. The van der Waals surface area contributed by atoms with E-state index in [2.05, 4.69) is 11.6 Å². The summed E-state index contributed by atoms with van der Waals surface area (Å²) < 4.78 is 4.57. The van der Waals surface area contributed by atoms with Crippen molar-refractivity contribution in [2.45, 2.75) is 26.7 Å². The molecule has 0 spiro atoms. The van der Waals surface area contributed by atoms with Crippen LogP contribution in [-0.4, -0.2) is 24.0 Å². The molecule has 10 heavy (non-hydrogen) atoms. The lowest BCUT2D eigenvalue weighted by Gasteiger charge is -2.09. The summed E-state index contributed by atoms with van der Waals surface area (Å²) in [5.74, 6) is 0.409.